The lowest BCUT2D eigenvalue weighted by Crippen LogP contribution is -2.06. The molecule has 0 bridgehead atoms. The average Bonchev–Trinajstić information content (AvgIpc) is 2.77. The highest BCUT2D eigenvalue weighted by Gasteiger charge is 2.08. The van der Waals surface area contributed by atoms with Gasteiger partial charge in [-0.25, -0.2) is 15.0 Å². The Kier molecular flexibility index (Phi) is 3.76. The molecule has 0 amide bonds. The smallest absolute Gasteiger partial charge is 0.221 e. The molecular formula is C12H16N4O2. The fourth-order valence-corrected chi connectivity index (χ4v) is 1.54. The maximum Gasteiger partial charge on any atom is 0.221 e. The van der Waals surface area contributed by atoms with Crippen LogP contribution in [0.5, 0.6) is 5.88 Å². The van der Waals surface area contributed by atoms with Crippen molar-refractivity contribution in [1.82, 2.24) is 15.0 Å². The van der Waals surface area contributed by atoms with Crippen LogP contribution >= 0.6 is 0 Å². The SMILES string of the molecule is CCOc1ncnc(NCc2ncc(C)o2)c1C. The van der Waals surface area contributed by atoms with E-state index < -0.39 is 0 Å². The molecule has 0 aliphatic carbocycles. The predicted molar refractivity (Wildman–Crippen MR) is 66.5 cm³/mol. The quantitative estimate of drug-likeness (QED) is 0.873. The molecule has 0 radical (unpaired) electrons. The van der Waals surface area contributed by atoms with Gasteiger partial charge in [-0.1, -0.05) is 0 Å². The summed E-state index contributed by atoms with van der Waals surface area (Å²) in [6.45, 7) is 6.76. The molecular weight excluding hydrogens is 232 g/mol. The summed E-state index contributed by atoms with van der Waals surface area (Å²) in [7, 11) is 0. The summed E-state index contributed by atoms with van der Waals surface area (Å²) in [5, 5.41) is 3.15. The Balaban J connectivity index is 2.07. The minimum absolute atomic E-state index is 0.483. The van der Waals surface area contributed by atoms with E-state index in [-0.39, 0.29) is 0 Å². The molecule has 0 unspecified atom stereocenters. The zero-order valence-corrected chi connectivity index (χ0v) is 10.7. The molecule has 2 aromatic heterocycles. The lowest BCUT2D eigenvalue weighted by atomic mass is 10.3. The van der Waals surface area contributed by atoms with Crippen molar-refractivity contribution in [1.29, 1.82) is 0 Å². The molecule has 6 heteroatoms. The van der Waals surface area contributed by atoms with Gasteiger partial charge in [0.1, 0.15) is 17.9 Å². The Hall–Kier alpha value is -2.11. The van der Waals surface area contributed by atoms with Gasteiger partial charge < -0.3 is 14.5 Å². The van der Waals surface area contributed by atoms with E-state index in [9.17, 15) is 0 Å². The van der Waals surface area contributed by atoms with E-state index in [1.165, 1.54) is 6.33 Å². The highest BCUT2D eigenvalue weighted by atomic mass is 16.5. The zero-order chi connectivity index (χ0) is 13.0. The van der Waals surface area contributed by atoms with Crippen molar-refractivity contribution in [2.24, 2.45) is 0 Å². The molecule has 18 heavy (non-hydrogen) atoms. The van der Waals surface area contributed by atoms with Crippen LogP contribution in [0.1, 0.15) is 24.1 Å². The number of anilines is 1. The molecule has 96 valence electrons. The van der Waals surface area contributed by atoms with Crippen molar-refractivity contribution >= 4 is 5.82 Å². The zero-order valence-electron chi connectivity index (χ0n) is 10.7. The lowest BCUT2D eigenvalue weighted by molar-refractivity contribution is 0.324. The van der Waals surface area contributed by atoms with Gasteiger partial charge >= 0.3 is 0 Å². The lowest BCUT2D eigenvalue weighted by Gasteiger charge is -2.10. The Labute approximate surface area is 105 Å². The Morgan fingerprint density at radius 3 is 2.78 bits per heavy atom. The third-order valence-electron chi connectivity index (χ3n) is 2.40. The van der Waals surface area contributed by atoms with Crippen LogP contribution in [-0.4, -0.2) is 21.6 Å². The molecule has 0 spiro atoms. The molecule has 2 aromatic rings. The topological polar surface area (TPSA) is 73.1 Å². The summed E-state index contributed by atoms with van der Waals surface area (Å²) in [5.41, 5.74) is 0.877. The maximum absolute atomic E-state index is 5.40. The normalized spacial score (nSPS) is 10.4. The average molecular weight is 248 g/mol. The maximum atomic E-state index is 5.40. The summed E-state index contributed by atoms with van der Waals surface area (Å²) >= 11 is 0. The first-order valence-electron chi connectivity index (χ1n) is 5.80. The van der Waals surface area contributed by atoms with Gasteiger partial charge in [0.2, 0.25) is 11.8 Å². The highest BCUT2D eigenvalue weighted by Crippen LogP contribution is 2.20. The molecule has 0 atom stereocenters. The van der Waals surface area contributed by atoms with Gasteiger partial charge in [0, 0.05) is 0 Å². The second kappa shape index (κ2) is 5.48. The summed E-state index contributed by atoms with van der Waals surface area (Å²) in [5.74, 6) is 2.74. The van der Waals surface area contributed by atoms with E-state index in [2.05, 4.69) is 20.3 Å². The fraction of sp³-hybridized carbons (Fsp3) is 0.417. The van der Waals surface area contributed by atoms with Crippen molar-refractivity contribution in [2.75, 3.05) is 11.9 Å². The van der Waals surface area contributed by atoms with E-state index in [1.807, 2.05) is 20.8 Å². The number of nitrogens with one attached hydrogen (secondary N) is 1. The number of nitrogens with zero attached hydrogens (tertiary/aromatic N) is 3. The van der Waals surface area contributed by atoms with Crippen LogP contribution in [0.15, 0.2) is 16.9 Å². The van der Waals surface area contributed by atoms with E-state index in [0.29, 0.717) is 24.9 Å². The number of rotatable bonds is 5. The molecule has 0 aromatic carbocycles. The van der Waals surface area contributed by atoms with Crippen molar-refractivity contribution in [2.45, 2.75) is 27.3 Å². The second-order valence-electron chi connectivity index (χ2n) is 3.80. The fourth-order valence-electron chi connectivity index (χ4n) is 1.54. The molecule has 0 aliphatic rings. The highest BCUT2D eigenvalue weighted by molar-refractivity contribution is 5.47. The standard InChI is InChI=1S/C12H16N4O2/c1-4-17-12-9(3)11(15-7-16-12)14-6-10-13-5-8(2)18-10/h5,7H,4,6H2,1-3H3,(H,14,15,16). The van der Waals surface area contributed by atoms with Crippen LogP contribution in [0.25, 0.3) is 0 Å². The first kappa shape index (κ1) is 12.3. The van der Waals surface area contributed by atoms with Crippen LogP contribution in [-0.2, 0) is 6.54 Å². The summed E-state index contributed by atoms with van der Waals surface area (Å²) in [4.78, 5) is 12.4. The van der Waals surface area contributed by atoms with Crippen molar-refractivity contribution < 1.29 is 9.15 Å². The number of hydrogen-bond donors (Lipinski definition) is 1. The second-order valence-corrected chi connectivity index (χ2v) is 3.80. The molecule has 1 N–H and O–H groups in total. The van der Waals surface area contributed by atoms with Gasteiger partial charge in [-0.3, -0.25) is 0 Å². The minimum Gasteiger partial charge on any atom is -0.478 e. The number of aromatic nitrogens is 3. The van der Waals surface area contributed by atoms with Crippen molar-refractivity contribution in [3.05, 3.63) is 29.7 Å². The monoisotopic (exact) mass is 248 g/mol. The Morgan fingerprint density at radius 2 is 2.11 bits per heavy atom. The van der Waals surface area contributed by atoms with Crippen LogP contribution in [0.3, 0.4) is 0 Å². The first-order valence-corrected chi connectivity index (χ1v) is 5.80. The van der Waals surface area contributed by atoms with Gasteiger partial charge in [0.15, 0.2) is 0 Å². The number of aryl methyl sites for hydroxylation is 1. The van der Waals surface area contributed by atoms with Gasteiger partial charge in [-0.2, -0.15) is 0 Å². The third kappa shape index (κ3) is 2.77. The summed E-state index contributed by atoms with van der Waals surface area (Å²) in [6, 6.07) is 0. The minimum atomic E-state index is 0.483. The molecule has 0 aliphatic heterocycles. The third-order valence-corrected chi connectivity index (χ3v) is 2.40. The van der Waals surface area contributed by atoms with Gasteiger partial charge in [-0.15, -0.1) is 0 Å². The number of ether oxygens (including phenoxy) is 1. The predicted octanol–water partition coefficient (Wildman–Crippen LogP) is 2.09. The Morgan fingerprint density at radius 1 is 1.28 bits per heavy atom. The largest absolute Gasteiger partial charge is 0.478 e. The number of hydrogen-bond acceptors (Lipinski definition) is 6. The molecule has 0 fully saturated rings. The van der Waals surface area contributed by atoms with Crippen LogP contribution in [0.2, 0.25) is 0 Å². The molecule has 2 heterocycles. The van der Waals surface area contributed by atoms with Crippen molar-refractivity contribution in [3.8, 4) is 5.88 Å². The van der Waals surface area contributed by atoms with Crippen LogP contribution < -0.4 is 10.1 Å². The van der Waals surface area contributed by atoms with Gasteiger partial charge in [0.05, 0.1) is 24.9 Å². The number of oxazole rings is 1. The van der Waals surface area contributed by atoms with E-state index >= 15 is 0 Å². The van der Waals surface area contributed by atoms with E-state index in [1.54, 1.807) is 6.20 Å². The van der Waals surface area contributed by atoms with Gasteiger partial charge in [-0.05, 0) is 20.8 Å². The van der Waals surface area contributed by atoms with E-state index in [0.717, 1.165) is 17.1 Å². The first-order chi connectivity index (χ1) is 8.70. The molecule has 0 saturated heterocycles. The van der Waals surface area contributed by atoms with Crippen LogP contribution in [0, 0.1) is 13.8 Å². The van der Waals surface area contributed by atoms with E-state index in [4.69, 9.17) is 9.15 Å². The Bertz CT molecular complexity index is 525. The van der Waals surface area contributed by atoms with Crippen molar-refractivity contribution in [3.63, 3.8) is 0 Å². The molecule has 0 saturated carbocycles. The van der Waals surface area contributed by atoms with Gasteiger partial charge in [0.25, 0.3) is 0 Å². The molecule has 6 nitrogen and oxygen atoms in total. The van der Waals surface area contributed by atoms with Crippen LogP contribution in [0.4, 0.5) is 5.82 Å². The molecule has 2 rings (SSSR count). The summed E-state index contributed by atoms with van der Waals surface area (Å²) in [6.07, 6.45) is 3.16. The summed E-state index contributed by atoms with van der Waals surface area (Å²) < 4.78 is 10.8.